The fourth-order valence-corrected chi connectivity index (χ4v) is 2.83. The molecule has 0 unspecified atom stereocenters. The van der Waals surface area contributed by atoms with E-state index < -0.39 is 5.60 Å². The predicted molar refractivity (Wildman–Crippen MR) is 75.7 cm³/mol. The first-order valence-corrected chi connectivity index (χ1v) is 7.90. The molecular weight excluding hydrogens is 224 g/mol. The zero-order valence-electron chi connectivity index (χ0n) is 12.0. The monoisotopic (exact) mass is 254 g/mol. The van der Waals surface area contributed by atoms with E-state index in [1.165, 1.54) is 44.9 Å². The van der Waals surface area contributed by atoms with Crippen molar-refractivity contribution in [3.05, 3.63) is 0 Å². The van der Waals surface area contributed by atoms with Gasteiger partial charge in [-0.05, 0) is 19.3 Å². The summed E-state index contributed by atoms with van der Waals surface area (Å²) in [6.45, 7) is 2.25. The number of aliphatic hydroxyl groups is 1. The maximum atomic E-state index is 11.1. The smallest absolute Gasteiger partial charge is 0.133 e. The highest BCUT2D eigenvalue weighted by Gasteiger charge is 2.31. The van der Waals surface area contributed by atoms with E-state index in [4.69, 9.17) is 0 Å². The molecule has 1 aliphatic rings. The fraction of sp³-hybridized carbons (Fsp3) is 0.938. The highest BCUT2D eigenvalue weighted by molar-refractivity contribution is 5.79. The number of Topliss-reactive ketones (excluding diaryl/α,β-unsaturated/α-hetero) is 1. The fourth-order valence-electron chi connectivity index (χ4n) is 2.83. The number of carbonyl (C=O) groups is 1. The average molecular weight is 254 g/mol. The molecule has 2 heteroatoms. The Labute approximate surface area is 112 Å². The number of carbonyl (C=O) groups excluding carboxylic acids is 1. The lowest BCUT2D eigenvalue weighted by Gasteiger charge is -2.31. The third kappa shape index (κ3) is 6.53. The molecule has 0 aromatic carbocycles. The van der Waals surface area contributed by atoms with Gasteiger partial charge in [0.2, 0.25) is 0 Å². The van der Waals surface area contributed by atoms with Crippen LogP contribution in [0.3, 0.4) is 0 Å². The molecular formula is C16H30O2. The summed E-state index contributed by atoms with van der Waals surface area (Å²) in [5.41, 5.74) is -0.518. The highest BCUT2D eigenvalue weighted by atomic mass is 16.3. The molecule has 1 saturated carbocycles. The van der Waals surface area contributed by atoms with E-state index in [1.807, 2.05) is 0 Å². The summed E-state index contributed by atoms with van der Waals surface area (Å²) in [5.74, 6) is 0.329. The van der Waals surface area contributed by atoms with Crippen molar-refractivity contribution in [2.75, 3.05) is 0 Å². The molecule has 1 N–H and O–H groups in total. The molecule has 0 bridgehead atoms. The lowest BCUT2D eigenvalue weighted by atomic mass is 9.80. The average Bonchev–Trinajstić information content (AvgIpc) is 2.37. The van der Waals surface area contributed by atoms with Gasteiger partial charge in [0.05, 0.1) is 5.60 Å². The second kappa shape index (κ2) is 8.68. The van der Waals surface area contributed by atoms with Gasteiger partial charge in [-0.1, -0.05) is 58.3 Å². The molecule has 0 saturated heterocycles. The molecule has 1 rings (SSSR count). The summed E-state index contributed by atoms with van der Waals surface area (Å²) in [6.07, 6.45) is 13.9. The van der Waals surface area contributed by atoms with Crippen molar-refractivity contribution in [2.45, 2.75) is 96.0 Å². The second-order valence-corrected chi connectivity index (χ2v) is 5.99. The Balaban J connectivity index is 1.95. The van der Waals surface area contributed by atoms with Crippen LogP contribution in [-0.2, 0) is 4.79 Å². The number of ketones is 1. The van der Waals surface area contributed by atoms with E-state index in [-0.39, 0.29) is 0 Å². The van der Waals surface area contributed by atoms with Crippen LogP contribution < -0.4 is 0 Å². The minimum Gasteiger partial charge on any atom is -0.390 e. The molecule has 18 heavy (non-hydrogen) atoms. The van der Waals surface area contributed by atoms with Gasteiger partial charge in [-0.3, -0.25) is 4.79 Å². The molecule has 0 aromatic rings. The van der Waals surface area contributed by atoms with Crippen LogP contribution >= 0.6 is 0 Å². The van der Waals surface area contributed by atoms with Crippen molar-refractivity contribution < 1.29 is 9.90 Å². The molecule has 0 heterocycles. The maximum Gasteiger partial charge on any atom is 0.133 e. The molecule has 2 nitrogen and oxygen atoms in total. The van der Waals surface area contributed by atoms with Gasteiger partial charge in [0, 0.05) is 12.8 Å². The lowest BCUT2D eigenvalue weighted by Crippen LogP contribution is -2.34. The van der Waals surface area contributed by atoms with Gasteiger partial charge in [-0.15, -0.1) is 0 Å². The van der Waals surface area contributed by atoms with Crippen LogP contribution in [-0.4, -0.2) is 16.5 Å². The summed E-state index contributed by atoms with van der Waals surface area (Å²) in [6, 6.07) is 0. The number of rotatable bonds is 9. The first kappa shape index (κ1) is 15.7. The maximum absolute atomic E-state index is 11.1. The SMILES string of the molecule is CCCCCCCCCCC1(O)CCC(=O)CC1. The quantitative estimate of drug-likeness (QED) is 0.619. The summed E-state index contributed by atoms with van der Waals surface area (Å²) in [7, 11) is 0. The van der Waals surface area contributed by atoms with Gasteiger partial charge in [-0.2, -0.15) is 0 Å². The molecule has 1 fully saturated rings. The van der Waals surface area contributed by atoms with Crippen LogP contribution in [0, 0.1) is 0 Å². The van der Waals surface area contributed by atoms with Crippen molar-refractivity contribution in [1.82, 2.24) is 0 Å². The van der Waals surface area contributed by atoms with Crippen molar-refractivity contribution in [2.24, 2.45) is 0 Å². The van der Waals surface area contributed by atoms with Gasteiger partial charge >= 0.3 is 0 Å². The molecule has 0 aliphatic heterocycles. The third-order valence-corrected chi connectivity index (χ3v) is 4.23. The summed E-state index contributed by atoms with van der Waals surface area (Å²) in [5, 5.41) is 10.3. The van der Waals surface area contributed by atoms with Crippen LogP contribution in [0.5, 0.6) is 0 Å². The van der Waals surface area contributed by atoms with Gasteiger partial charge in [0.1, 0.15) is 5.78 Å². The summed E-state index contributed by atoms with van der Waals surface area (Å²) in [4.78, 5) is 11.1. The summed E-state index contributed by atoms with van der Waals surface area (Å²) >= 11 is 0. The van der Waals surface area contributed by atoms with Gasteiger partial charge < -0.3 is 5.11 Å². The molecule has 0 spiro atoms. The molecule has 1 aliphatic carbocycles. The van der Waals surface area contributed by atoms with E-state index >= 15 is 0 Å². The topological polar surface area (TPSA) is 37.3 Å². The van der Waals surface area contributed by atoms with Gasteiger partial charge in [0.15, 0.2) is 0 Å². The van der Waals surface area contributed by atoms with Gasteiger partial charge in [0.25, 0.3) is 0 Å². The van der Waals surface area contributed by atoms with E-state index in [0.717, 1.165) is 12.8 Å². The highest BCUT2D eigenvalue weighted by Crippen LogP contribution is 2.31. The van der Waals surface area contributed by atoms with Gasteiger partial charge in [-0.25, -0.2) is 0 Å². The zero-order valence-corrected chi connectivity index (χ0v) is 12.0. The standard InChI is InChI=1S/C16H30O2/c1-2-3-4-5-6-7-8-9-12-16(18)13-10-15(17)11-14-16/h18H,2-14H2,1H3. The number of hydrogen-bond acceptors (Lipinski definition) is 2. The normalized spacial score (nSPS) is 19.1. The molecule has 106 valence electrons. The minimum atomic E-state index is -0.518. The van der Waals surface area contributed by atoms with Crippen LogP contribution in [0.1, 0.15) is 90.4 Å². The van der Waals surface area contributed by atoms with Crippen molar-refractivity contribution in [3.63, 3.8) is 0 Å². The first-order valence-electron chi connectivity index (χ1n) is 7.90. The third-order valence-electron chi connectivity index (χ3n) is 4.23. The number of hydrogen-bond donors (Lipinski definition) is 1. The molecule has 0 aromatic heterocycles. The minimum absolute atomic E-state index is 0.329. The van der Waals surface area contributed by atoms with Crippen molar-refractivity contribution in [1.29, 1.82) is 0 Å². The van der Waals surface area contributed by atoms with E-state index in [0.29, 0.717) is 31.5 Å². The Hall–Kier alpha value is -0.370. The van der Waals surface area contributed by atoms with Crippen molar-refractivity contribution in [3.8, 4) is 0 Å². The van der Waals surface area contributed by atoms with E-state index in [2.05, 4.69) is 6.92 Å². The first-order chi connectivity index (χ1) is 8.66. The Morgan fingerprint density at radius 2 is 1.44 bits per heavy atom. The molecule has 0 amide bonds. The summed E-state index contributed by atoms with van der Waals surface area (Å²) < 4.78 is 0. The van der Waals surface area contributed by atoms with Crippen LogP contribution in [0.15, 0.2) is 0 Å². The second-order valence-electron chi connectivity index (χ2n) is 5.99. The molecule has 0 atom stereocenters. The van der Waals surface area contributed by atoms with E-state index in [1.54, 1.807) is 0 Å². The molecule has 0 radical (unpaired) electrons. The van der Waals surface area contributed by atoms with Crippen LogP contribution in [0.4, 0.5) is 0 Å². The predicted octanol–water partition coefficient (Wildman–Crippen LogP) is 4.39. The Kier molecular flexibility index (Phi) is 7.57. The van der Waals surface area contributed by atoms with Crippen LogP contribution in [0.25, 0.3) is 0 Å². The Morgan fingerprint density at radius 3 is 2.00 bits per heavy atom. The van der Waals surface area contributed by atoms with Crippen molar-refractivity contribution >= 4 is 5.78 Å². The zero-order chi connectivity index (χ0) is 13.3. The Morgan fingerprint density at radius 1 is 0.944 bits per heavy atom. The van der Waals surface area contributed by atoms with Crippen LogP contribution in [0.2, 0.25) is 0 Å². The van der Waals surface area contributed by atoms with E-state index in [9.17, 15) is 9.90 Å². The largest absolute Gasteiger partial charge is 0.390 e. The number of unbranched alkanes of at least 4 members (excludes halogenated alkanes) is 7. The Bertz CT molecular complexity index is 225. The lowest BCUT2D eigenvalue weighted by molar-refractivity contribution is -0.125.